The highest BCUT2D eigenvalue weighted by Gasteiger charge is 2.27. The van der Waals surface area contributed by atoms with Crippen molar-refractivity contribution >= 4 is 5.69 Å². The molecule has 0 aliphatic carbocycles. The fourth-order valence-corrected chi connectivity index (χ4v) is 2.29. The van der Waals surface area contributed by atoms with Crippen molar-refractivity contribution in [3.63, 3.8) is 0 Å². The highest BCUT2D eigenvalue weighted by molar-refractivity contribution is 5.61. The second-order valence-corrected chi connectivity index (χ2v) is 4.65. The van der Waals surface area contributed by atoms with Crippen LogP contribution < -0.4 is 9.75 Å². The predicted octanol–water partition coefficient (Wildman–Crippen LogP) is 3.62. The Morgan fingerprint density at radius 2 is 2.00 bits per heavy atom. The molecule has 19 heavy (non-hydrogen) atoms. The first-order chi connectivity index (χ1) is 9.28. The number of ether oxygens (including phenoxy) is 1. The summed E-state index contributed by atoms with van der Waals surface area (Å²) in [6.07, 6.45) is -0.173. The van der Waals surface area contributed by atoms with Crippen molar-refractivity contribution in [2.24, 2.45) is 5.29 Å². The van der Waals surface area contributed by atoms with Crippen LogP contribution in [0.2, 0.25) is 0 Å². The van der Waals surface area contributed by atoms with Gasteiger partial charge < -0.3 is 4.74 Å². The molecule has 0 saturated heterocycles. The van der Waals surface area contributed by atoms with Gasteiger partial charge in [-0.2, -0.15) is 0 Å². The molecule has 2 aromatic rings. The lowest BCUT2D eigenvalue weighted by molar-refractivity contribution is 0.197. The monoisotopic (exact) mass is 254 g/mol. The van der Waals surface area contributed by atoms with E-state index in [-0.39, 0.29) is 6.10 Å². The van der Waals surface area contributed by atoms with Crippen LogP contribution in [0, 0.1) is 11.8 Å². The average molecular weight is 254 g/mol. The summed E-state index contributed by atoms with van der Waals surface area (Å²) in [5.74, 6) is 0.708. The molecule has 3 rings (SSSR count). The summed E-state index contributed by atoms with van der Waals surface area (Å²) >= 11 is 0. The minimum Gasteiger partial charge on any atom is -0.482 e. The van der Waals surface area contributed by atoms with E-state index in [1.54, 1.807) is 0 Å². The summed E-state index contributed by atoms with van der Waals surface area (Å²) in [6, 6.07) is 15.6. The second-order valence-electron chi connectivity index (χ2n) is 4.65. The molecule has 1 unspecified atom stereocenters. The van der Waals surface area contributed by atoms with Crippen LogP contribution >= 0.6 is 0 Å². The van der Waals surface area contributed by atoms with Crippen molar-refractivity contribution in [2.45, 2.75) is 13.0 Å². The first kappa shape index (κ1) is 11.7. The number of fused-ring (bicyclic) bond motifs is 1. The molecule has 96 valence electrons. The van der Waals surface area contributed by atoms with Crippen LogP contribution in [0.25, 0.3) is 0 Å². The van der Waals surface area contributed by atoms with Crippen LogP contribution in [0.5, 0.6) is 5.75 Å². The number of nitroso groups, excluding NO2 is 1. The second kappa shape index (κ2) is 4.72. The molecular weight excluding hydrogens is 240 g/mol. The van der Waals surface area contributed by atoms with Crippen LogP contribution in [-0.2, 0) is 0 Å². The number of hydrogen-bond acceptors (Lipinski definition) is 3. The Bertz CT molecular complexity index is 598. The lowest BCUT2D eigenvalue weighted by Crippen LogP contribution is -2.31. The molecule has 0 spiro atoms. The molecule has 2 aromatic carbocycles. The van der Waals surface area contributed by atoms with E-state index in [0.717, 1.165) is 16.8 Å². The minimum atomic E-state index is -0.173. The van der Waals surface area contributed by atoms with Crippen molar-refractivity contribution in [2.75, 3.05) is 11.6 Å². The van der Waals surface area contributed by atoms with E-state index in [2.05, 4.69) is 5.29 Å². The van der Waals surface area contributed by atoms with Crippen LogP contribution in [0.3, 0.4) is 0 Å². The van der Waals surface area contributed by atoms with Crippen LogP contribution in [-0.4, -0.2) is 6.54 Å². The van der Waals surface area contributed by atoms with E-state index < -0.39 is 0 Å². The summed E-state index contributed by atoms with van der Waals surface area (Å²) in [7, 11) is 0. The molecule has 1 atom stereocenters. The number of anilines is 1. The molecule has 0 saturated carbocycles. The summed E-state index contributed by atoms with van der Waals surface area (Å²) in [5.41, 5.74) is 2.87. The maximum absolute atomic E-state index is 11.0. The third kappa shape index (κ3) is 2.17. The van der Waals surface area contributed by atoms with Gasteiger partial charge in [-0.05, 0) is 30.2 Å². The molecule has 1 heterocycles. The molecule has 0 aromatic heterocycles. The quantitative estimate of drug-likeness (QED) is 0.769. The molecular formula is C15H14N2O2. The summed E-state index contributed by atoms with van der Waals surface area (Å²) in [6.45, 7) is 2.43. The normalized spacial score (nSPS) is 17.5. The van der Waals surface area contributed by atoms with E-state index in [4.69, 9.17) is 4.74 Å². The molecule has 0 fully saturated rings. The molecule has 0 N–H and O–H groups in total. The highest BCUT2D eigenvalue weighted by Crippen LogP contribution is 2.38. The largest absolute Gasteiger partial charge is 0.482 e. The Morgan fingerprint density at radius 1 is 1.21 bits per heavy atom. The molecule has 4 nitrogen and oxygen atoms in total. The van der Waals surface area contributed by atoms with E-state index >= 15 is 0 Å². The van der Waals surface area contributed by atoms with Gasteiger partial charge in [-0.3, -0.25) is 0 Å². The summed E-state index contributed by atoms with van der Waals surface area (Å²) in [5, 5.41) is 4.55. The molecule has 1 aliphatic heterocycles. The lowest BCUT2D eigenvalue weighted by atomic mass is 10.1. The van der Waals surface area contributed by atoms with Gasteiger partial charge in [0.2, 0.25) is 0 Å². The van der Waals surface area contributed by atoms with Gasteiger partial charge in [0, 0.05) is 0 Å². The molecule has 1 aliphatic rings. The van der Waals surface area contributed by atoms with Crippen molar-refractivity contribution in [3.8, 4) is 5.75 Å². The van der Waals surface area contributed by atoms with Gasteiger partial charge in [0.15, 0.2) is 0 Å². The first-order valence-electron chi connectivity index (χ1n) is 6.21. The Morgan fingerprint density at radius 3 is 2.74 bits per heavy atom. The van der Waals surface area contributed by atoms with E-state index in [9.17, 15) is 4.91 Å². The predicted molar refractivity (Wildman–Crippen MR) is 74.1 cm³/mol. The van der Waals surface area contributed by atoms with E-state index in [1.807, 2.05) is 55.5 Å². The maximum Gasteiger partial charge on any atom is 0.145 e. The number of aryl methyl sites for hydroxylation is 1. The zero-order valence-electron chi connectivity index (χ0n) is 10.6. The Balaban J connectivity index is 1.99. The molecule has 4 heteroatoms. The Kier molecular flexibility index (Phi) is 2.91. The zero-order chi connectivity index (χ0) is 13.2. The van der Waals surface area contributed by atoms with E-state index in [1.165, 1.54) is 5.01 Å². The molecule has 0 amide bonds. The van der Waals surface area contributed by atoms with Crippen molar-refractivity contribution < 1.29 is 4.74 Å². The molecule has 0 radical (unpaired) electrons. The van der Waals surface area contributed by atoms with Crippen LogP contribution in [0.1, 0.15) is 17.2 Å². The summed E-state index contributed by atoms with van der Waals surface area (Å²) < 4.78 is 5.99. The van der Waals surface area contributed by atoms with Crippen molar-refractivity contribution in [3.05, 3.63) is 64.6 Å². The van der Waals surface area contributed by atoms with E-state index in [0.29, 0.717) is 12.3 Å². The van der Waals surface area contributed by atoms with Gasteiger partial charge in [-0.1, -0.05) is 36.4 Å². The van der Waals surface area contributed by atoms with Crippen molar-refractivity contribution in [1.82, 2.24) is 0 Å². The average Bonchev–Trinajstić information content (AvgIpc) is 2.46. The highest BCUT2D eigenvalue weighted by atomic mass is 16.5. The third-order valence-electron chi connectivity index (χ3n) is 3.27. The maximum atomic E-state index is 11.0. The van der Waals surface area contributed by atoms with Gasteiger partial charge in [-0.15, -0.1) is 4.91 Å². The number of rotatable bonds is 2. The van der Waals surface area contributed by atoms with Crippen LogP contribution in [0.15, 0.2) is 53.8 Å². The smallest absolute Gasteiger partial charge is 0.145 e. The number of nitrogens with zero attached hydrogens (tertiary/aromatic N) is 2. The van der Waals surface area contributed by atoms with Gasteiger partial charge in [0.1, 0.15) is 17.5 Å². The number of hydrogen-bond donors (Lipinski definition) is 0. The Hall–Kier alpha value is -2.36. The van der Waals surface area contributed by atoms with Gasteiger partial charge in [0.05, 0.1) is 11.8 Å². The van der Waals surface area contributed by atoms with Gasteiger partial charge in [0.25, 0.3) is 0 Å². The standard InChI is InChI=1S/C15H14N2O2/c1-11-7-8-13-14(9-11)19-15(10-17(13)16-18)12-5-3-2-4-6-12/h2-9,15H,10H2,1H3. The van der Waals surface area contributed by atoms with Crippen molar-refractivity contribution in [1.29, 1.82) is 0 Å². The SMILES string of the molecule is Cc1ccc2c(c1)OC(c1ccccc1)CN2N=O. The topological polar surface area (TPSA) is 41.9 Å². The third-order valence-corrected chi connectivity index (χ3v) is 3.27. The minimum absolute atomic E-state index is 0.173. The fraction of sp³-hybridized carbons (Fsp3) is 0.200. The lowest BCUT2D eigenvalue weighted by Gasteiger charge is -2.31. The van der Waals surface area contributed by atoms with Gasteiger partial charge in [-0.25, -0.2) is 5.01 Å². The van der Waals surface area contributed by atoms with Gasteiger partial charge >= 0.3 is 0 Å². The number of benzene rings is 2. The zero-order valence-corrected chi connectivity index (χ0v) is 10.6. The Labute approximate surface area is 111 Å². The first-order valence-corrected chi connectivity index (χ1v) is 6.21. The molecule has 0 bridgehead atoms. The van der Waals surface area contributed by atoms with Crippen LogP contribution in [0.4, 0.5) is 5.69 Å². The fourth-order valence-electron chi connectivity index (χ4n) is 2.29. The summed E-state index contributed by atoms with van der Waals surface area (Å²) in [4.78, 5) is 11.0.